The average Bonchev–Trinajstić information content (AvgIpc) is 2.64. The minimum Gasteiger partial charge on any atom is -0.481 e. The number of rotatable bonds is 2. The van der Waals surface area contributed by atoms with Crippen LogP contribution in [0.2, 0.25) is 0 Å². The molecule has 5 heteroatoms. The number of anilines is 1. The molecule has 2 heterocycles. The molecule has 0 radical (unpaired) electrons. The van der Waals surface area contributed by atoms with Gasteiger partial charge in [-0.05, 0) is 13.3 Å². The maximum atomic E-state index is 6.05. The molecular formula is C10H14ClN3O. The van der Waals surface area contributed by atoms with Crippen LogP contribution in [0.25, 0.3) is 0 Å². The monoisotopic (exact) mass is 227 g/mol. The molecule has 1 atom stereocenters. The molecule has 0 amide bonds. The van der Waals surface area contributed by atoms with Crippen molar-refractivity contribution in [2.75, 3.05) is 25.1 Å². The van der Waals surface area contributed by atoms with Crippen molar-refractivity contribution in [3.8, 4) is 5.88 Å². The number of alkyl halides is 1. The minimum atomic E-state index is 0.228. The first kappa shape index (κ1) is 10.5. The number of hydrogen-bond acceptors (Lipinski definition) is 4. The quantitative estimate of drug-likeness (QED) is 0.720. The van der Waals surface area contributed by atoms with E-state index < -0.39 is 0 Å². The summed E-state index contributed by atoms with van der Waals surface area (Å²) < 4.78 is 5.11. The van der Waals surface area contributed by atoms with Gasteiger partial charge in [0.1, 0.15) is 11.6 Å². The first-order valence-corrected chi connectivity index (χ1v) is 5.41. The Morgan fingerprint density at radius 2 is 2.33 bits per heavy atom. The van der Waals surface area contributed by atoms with E-state index in [4.69, 9.17) is 16.3 Å². The predicted octanol–water partition coefficient (Wildman–Crippen LogP) is 1.61. The van der Waals surface area contributed by atoms with E-state index >= 15 is 0 Å². The van der Waals surface area contributed by atoms with Crippen LogP contribution in [0.15, 0.2) is 6.07 Å². The fourth-order valence-corrected chi connectivity index (χ4v) is 1.98. The molecule has 0 aromatic carbocycles. The number of halogens is 1. The lowest BCUT2D eigenvalue weighted by atomic mass is 10.4. The van der Waals surface area contributed by atoms with Gasteiger partial charge in [0.2, 0.25) is 5.88 Å². The maximum Gasteiger partial charge on any atom is 0.218 e. The lowest BCUT2D eigenvalue weighted by molar-refractivity contribution is 0.395. The van der Waals surface area contributed by atoms with Gasteiger partial charge in [-0.25, -0.2) is 4.98 Å². The zero-order valence-corrected chi connectivity index (χ0v) is 9.66. The zero-order chi connectivity index (χ0) is 10.8. The van der Waals surface area contributed by atoms with E-state index in [9.17, 15) is 0 Å². The van der Waals surface area contributed by atoms with E-state index in [2.05, 4.69) is 14.9 Å². The summed E-state index contributed by atoms with van der Waals surface area (Å²) in [7, 11) is 1.61. The van der Waals surface area contributed by atoms with Crippen molar-refractivity contribution < 1.29 is 4.74 Å². The molecule has 82 valence electrons. The summed E-state index contributed by atoms with van der Waals surface area (Å²) in [6.45, 7) is 3.66. The number of hydrogen-bond donors (Lipinski definition) is 0. The van der Waals surface area contributed by atoms with Gasteiger partial charge in [-0.2, -0.15) is 4.98 Å². The molecule has 1 saturated heterocycles. The Morgan fingerprint density at radius 3 is 2.93 bits per heavy atom. The highest BCUT2D eigenvalue weighted by Crippen LogP contribution is 2.23. The van der Waals surface area contributed by atoms with Crippen molar-refractivity contribution in [3.05, 3.63) is 11.9 Å². The Morgan fingerprint density at radius 1 is 1.53 bits per heavy atom. The second-order valence-corrected chi connectivity index (χ2v) is 4.26. The summed E-state index contributed by atoms with van der Waals surface area (Å²) in [5.74, 6) is 2.24. The average molecular weight is 228 g/mol. The number of methoxy groups -OCH3 is 1. The summed E-state index contributed by atoms with van der Waals surface area (Å²) in [6, 6.07) is 1.85. The summed E-state index contributed by atoms with van der Waals surface area (Å²) in [6.07, 6.45) is 1.01. The number of nitrogens with zero attached hydrogens (tertiary/aromatic N) is 3. The Bertz CT molecular complexity index is 359. The molecule has 2 rings (SSSR count). The zero-order valence-electron chi connectivity index (χ0n) is 8.90. The first-order valence-electron chi connectivity index (χ1n) is 4.97. The molecule has 4 nitrogen and oxygen atoms in total. The van der Waals surface area contributed by atoms with Gasteiger partial charge in [0.05, 0.1) is 12.5 Å². The van der Waals surface area contributed by atoms with Crippen LogP contribution in [-0.2, 0) is 0 Å². The van der Waals surface area contributed by atoms with Crippen molar-refractivity contribution in [1.82, 2.24) is 9.97 Å². The molecule has 1 aliphatic heterocycles. The lowest BCUT2D eigenvalue weighted by Crippen LogP contribution is -2.21. The number of ether oxygens (including phenoxy) is 1. The van der Waals surface area contributed by atoms with Crippen LogP contribution in [0, 0.1) is 6.92 Å². The van der Waals surface area contributed by atoms with E-state index in [0.717, 1.165) is 31.2 Å². The third kappa shape index (κ3) is 2.31. The number of aryl methyl sites for hydroxylation is 1. The van der Waals surface area contributed by atoms with Gasteiger partial charge in [-0.3, -0.25) is 0 Å². The third-order valence-electron chi connectivity index (χ3n) is 2.46. The standard InChI is InChI=1S/C10H14ClN3O/c1-7-12-9(5-10(13-7)15-2)14-4-3-8(11)6-14/h5,8H,3-4,6H2,1-2H3. The highest BCUT2D eigenvalue weighted by atomic mass is 35.5. The van der Waals surface area contributed by atoms with Gasteiger partial charge in [-0.1, -0.05) is 0 Å². The fraction of sp³-hybridized carbons (Fsp3) is 0.600. The maximum absolute atomic E-state index is 6.05. The SMILES string of the molecule is COc1cc(N2CCC(Cl)C2)nc(C)n1. The summed E-state index contributed by atoms with van der Waals surface area (Å²) in [5, 5.41) is 0.228. The van der Waals surface area contributed by atoms with Gasteiger partial charge in [0.15, 0.2) is 0 Å². The van der Waals surface area contributed by atoms with Crippen molar-refractivity contribution in [3.63, 3.8) is 0 Å². The van der Waals surface area contributed by atoms with Crippen molar-refractivity contribution in [2.45, 2.75) is 18.7 Å². The second-order valence-electron chi connectivity index (χ2n) is 3.65. The molecule has 1 fully saturated rings. The van der Waals surface area contributed by atoms with Crippen LogP contribution >= 0.6 is 11.6 Å². The molecule has 1 aliphatic rings. The summed E-state index contributed by atoms with van der Waals surface area (Å²) >= 11 is 6.05. The van der Waals surface area contributed by atoms with Gasteiger partial charge >= 0.3 is 0 Å². The summed E-state index contributed by atoms with van der Waals surface area (Å²) in [4.78, 5) is 10.7. The Hall–Kier alpha value is -1.03. The van der Waals surface area contributed by atoms with Crippen LogP contribution in [0.4, 0.5) is 5.82 Å². The Kier molecular flexibility index (Phi) is 2.95. The topological polar surface area (TPSA) is 38.2 Å². The van der Waals surface area contributed by atoms with Gasteiger partial charge in [0, 0.05) is 19.2 Å². The van der Waals surface area contributed by atoms with Crippen LogP contribution in [-0.4, -0.2) is 35.5 Å². The van der Waals surface area contributed by atoms with E-state index in [0.29, 0.717) is 5.88 Å². The molecule has 0 spiro atoms. The molecule has 15 heavy (non-hydrogen) atoms. The highest BCUT2D eigenvalue weighted by molar-refractivity contribution is 6.21. The molecule has 0 bridgehead atoms. The molecule has 1 aromatic rings. The second kappa shape index (κ2) is 4.23. The number of aromatic nitrogens is 2. The molecule has 0 saturated carbocycles. The van der Waals surface area contributed by atoms with Crippen molar-refractivity contribution in [2.24, 2.45) is 0 Å². The first-order chi connectivity index (χ1) is 7.19. The normalized spacial score (nSPS) is 20.7. The minimum absolute atomic E-state index is 0.228. The molecular weight excluding hydrogens is 214 g/mol. The molecule has 0 N–H and O–H groups in total. The van der Waals surface area contributed by atoms with E-state index in [1.807, 2.05) is 13.0 Å². The Balaban J connectivity index is 2.24. The highest BCUT2D eigenvalue weighted by Gasteiger charge is 2.22. The van der Waals surface area contributed by atoms with Gasteiger partial charge in [-0.15, -0.1) is 11.6 Å². The summed E-state index contributed by atoms with van der Waals surface area (Å²) in [5.41, 5.74) is 0. The van der Waals surface area contributed by atoms with Crippen LogP contribution < -0.4 is 9.64 Å². The molecule has 1 aromatic heterocycles. The van der Waals surface area contributed by atoms with Crippen molar-refractivity contribution >= 4 is 17.4 Å². The smallest absolute Gasteiger partial charge is 0.218 e. The largest absolute Gasteiger partial charge is 0.481 e. The fourth-order valence-electron chi connectivity index (χ4n) is 1.72. The van der Waals surface area contributed by atoms with E-state index in [1.54, 1.807) is 7.11 Å². The van der Waals surface area contributed by atoms with Crippen LogP contribution in [0.5, 0.6) is 5.88 Å². The van der Waals surface area contributed by atoms with Crippen LogP contribution in [0.1, 0.15) is 12.2 Å². The van der Waals surface area contributed by atoms with E-state index in [-0.39, 0.29) is 5.38 Å². The van der Waals surface area contributed by atoms with Crippen molar-refractivity contribution in [1.29, 1.82) is 0 Å². The third-order valence-corrected chi connectivity index (χ3v) is 2.82. The lowest BCUT2D eigenvalue weighted by Gasteiger charge is -2.17. The van der Waals surface area contributed by atoms with Gasteiger partial charge in [0.25, 0.3) is 0 Å². The Labute approximate surface area is 94.2 Å². The van der Waals surface area contributed by atoms with Gasteiger partial charge < -0.3 is 9.64 Å². The van der Waals surface area contributed by atoms with Crippen LogP contribution in [0.3, 0.4) is 0 Å². The molecule has 1 unspecified atom stereocenters. The van der Waals surface area contributed by atoms with E-state index in [1.165, 1.54) is 0 Å². The predicted molar refractivity (Wildman–Crippen MR) is 59.8 cm³/mol. The molecule has 0 aliphatic carbocycles.